The van der Waals surface area contributed by atoms with Gasteiger partial charge in [0.2, 0.25) is 0 Å². The summed E-state index contributed by atoms with van der Waals surface area (Å²) in [6.07, 6.45) is 8.13. The van der Waals surface area contributed by atoms with Crippen molar-refractivity contribution in [3.8, 4) is 5.69 Å². The third-order valence-corrected chi connectivity index (χ3v) is 7.27. The maximum Gasteiger partial charge on any atom is 0.322 e. The van der Waals surface area contributed by atoms with E-state index >= 15 is 0 Å². The molecule has 0 bridgehead atoms. The van der Waals surface area contributed by atoms with Gasteiger partial charge in [-0.25, -0.2) is 27.3 Å². The molecule has 0 unspecified atom stereocenters. The van der Waals surface area contributed by atoms with Gasteiger partial charge < -0.3 is 5.32 Å². The van der Waals surface area contributed by atoms with Crippen LogP contribution < -0.4 is 10.2 Å². The third kappa shape index (κ3) is 5.37. The summed E-state index contributed by atoms with van der Waals surface area (Å²) in [6, 6.07) is 8.68. The molecule has 0 saturated carbocycles. The molecule has 1 aliphatic rings. The van der Waals surface area contributed by atoms with E-state index in [0.29, 0.717) is 12.0 Å². The number of hydrogen-bond acceptors (Lipinski definition) is 5. The summed E-state index contributed by atoms with van der Waals surface area (Å²) in [4.78, 5) is 19.3. The smallest absolute Gasteiger partial charge is 0.322 e. The zero-order valence-electron chi connectivity index (χ0n) is 20.1. The number of rotatable bonds is 6. The molecule has 3 aromatic rings. The van der Waals surface area contributed by atoms with E-state index in [1.807, 2.05) is 13.8 Å². The molecule has 1 aromatic carbocycles. The number of urea groups is 1. The Bertz CT molecular complexity index is 1310. The van der Waals surface area contributed by atoms with Crippen LogP contribution in [0.4, 0.5) is 14.9 Å². The first-order chi connectivity index (χ1) is 16.7. The molecule has 8 nitrogen and oxygen atoms in total. The predicted molar refractivity (Wildman–Crippen MR) is 132 cm³/mol. The second-order valence-electron chi connectivity index (χ2n) is 8.97. The van der Waals surface area contributed by atoms with Gasteiger partial charge in [0, 0.05) is 18.5 Å². The van der Waals surface area contributed by atoms with Crippen LogP contribution in [-0.4, -0.2) is 41.5 Å². The lowest BCUT2D eigenvalue weighted by Gasteiger charge is -2.30. The van der Waals surface area contributed by atoms with E-state index in [1.54, 1.807) is 34.0 Å². The summed E-state index contributed by atoms with van der Waals surface area (Å²) in [7, 11) is -3.47. The SMILES string of the molecule is CCC[C@H](NC(=O)N1c2cnn(-c3ccc(F)cc3)c2CCC[C@H]1C)c1ccnc(S(C)(=O)=O)c1. The average Bonchev–Trinajstić information content (AvgIpc) is 3.14. The Kier molecular flexibility index (Phi) is 7.20. The first-order valence-electron chi connectivity index (χ1n) is 11.8. The van der Waals surface area contributed by atoms with Crippen molar-refractivity contribution in [2.75, 3.05) is 11.2 Å². The second-order valence-corrected chi connectivity index (χ2v) is 10.9. The molecular weight excluding hydrogens is 469 g/mol. The van der Waals surface area contributed by atoms with Crippen molar-refractivity contribution < 1.29 is 17.6 Å². The van der Waals surface area contributed by atoms with Crippen molar-refractivity contribution in [3.63, 3.8) is 0 Å². The lowest BCUT2D eigenvalue weighted by atomic mass is 10.0. The first-order valence-corrected chi connectivity index (χ1v) is 13.7. The summed E-state index contributed by atoms with van der Waals surface area (Å²) in [5, 5.41) is 7.62. The van der Waals surface area contributed by atoms with Crippen molar-refractivity contribution in [1.82, 2.24) is 20.1 Å². The highest BCUT2D eigenvalue weighted by Crippen LogP contribution is 2.32. The number of hydrogen-bond donors (Lipinski definition) is 1. The largest absolute Gasteiger partial charge is 0.331 e. The highest BCUT2D eigenvalue weighted by atomic mass is 32.2. The number of nitrogens with zero attached hydrogens (tertiary/aromatic N) is 4. The Labute approximate surface area is 205 Å². The highest BCUT2D eigenvalue weighted by Gasteiger charge is 2.31. The Hall–Kier alpha value is -3.27. The minimum absolute atomic E-state index is 0.0173. The van der Waals surface area contributed by atoms with Crippen LogP contribution in [0.1, 0.15) is 56.8 Å². The van der Waals surface area contributed by atoms with Gasteiger partial charge in [0.25, 0.3) is 0 Å². The van der Waals surface area contributed by atoms with Crippen LogP contribution in [0.3, 0.4) is 0 Å². The van der Waals surface area contributed by atoms with Gasteiger partial charge in [-0.2, -0.15) is 5.10 Å². The summed E-state index contributed by atoms with van der Waals surface area (Å²) < 4.78 is 39.2. The summed E-state index contributed by atoms with van der Waals surface area (Å²) in [5.41, 5.74) is 3.04. The highest BCUT2D eigenvalue weighted by molar-refractivity contribution is 7.90. The van der Waals surface area contributed by atoms with E-state index in [4.69, 9.17) is 0 Å². The molecule has 0 fully saturated rings. The number of anilines is 1. The molecule has 0 saturated heterocycles. The zero-order valence-corrected chi connectivity index (χ0v) is 20.9. The molecular formula is C25H30FN5O3S. The van der Waals surface area contributed by atoms with E-state index in [-0.39, 0.29) is 29.0 Å². The third-order valence-electron chi connectivity index (χ3n) is 6.29. The van der Waals surface area contributed by atoms with E-state index < -0.39 is 9.84 Å². The van der Waals surface area contributed by atoms with Crippen LogP contribution in [0.15, 0.2) is 53.8 Å². The first kappa shape index (κ1) is 24.8. The predicted octanol–water partition coefficient (Wildman–Crippen LogP) is 4.59. The fourth-order valence-corrected chi connectivity index (χ4v) is 5.12. The lowest BCUT2D eigenvalue weighted by molar-refractivity contribution is 0.239. The number of fused-ring (bicyclic) bond motifs is 1. The topological polar surface area (TPSA) is 97.2 Å². The number of benzene rings is 1. The van der Waals surface area contributed by atoms with Crippen LogP contribution >= 0.6 is 0 Å². The average molecular weight is 500 g/mol. The van der Waals surface area contributed by atoms with Crippen LogP contribution in [-0.2, 0) is 16.3 Å². The molecule has 4 rings (SSSR count). The molecule has 1 aliphatic heterocycles. The van der Waals surface area contributed by atoms with Crippen LogP contribution in [0.2, 0.25) is 0 Å². The molecule has 1 N–H and O–H groups in total. The molecule has 35 heavy (non-hydrogen) atoms. The minimum atomic E-state index is -3.47. The van der Waals surface area contributed by atoms with Crippen LogP contribution in [0.25, 0.3) is 5.69 Å². The number of aromatic nitrogens is 3. The van der Waals surface area contributed by atoms with E-state index in [9.17, 15) is 17.6 Å². The fourth-order valence-electron chi connectivity index (χ4n) is 4.52. The molecule has 3 heterocycles. The quantitative estimate of drug-likeness (QED) is 0.535. The summed E-state index contributed by atoms with van der Waals surface area (Å²) >= 11 is 0. The van der Waals surface area contributed by atoms with Crippen molar-refractivity contribution in [2.45, 2.75) is 63.1 Å². The summed E-state index contributed by atoms with van der Waals surface area (Å²) in [6.45, 7) is 4.02. The normalized spacial score (nSPS) is 16.9. The van der Waals surface area contributed by atoms with Gasteiger partial charge in [-0.3, -0.25) is 4.90 Å². The van der Waals surface area contributed by atoms with E-state index in [1.165, 1.54) is 24.4 Å². The number of sulfone groups is 1. The minimum Gasteiger partial charge on any atom is -0.331 e. The molecule has 186 valence electrons. The van der Waals surface area contributed by atoms with Gasteiger partial charge in [-0.15, -0.1) is 0 Å². The molecule has 0 aliphatic carbocycles. The zero-order chi connectivity index (χ0) is 25.2. The van der Waals surface area contributed by atoms with Crippen molar-refractivity contribution in [1.29, 1.82) is 0 Å². The Morgan fingerprint density at radius 2 is 2.00 bits per heavy atom. The lowest BCUT2D eigenvalue weighted by Crippen LogP contribution is -2.46. The molecule has 0 spiro atoms. The van der Waals surface area contributed by atoms with Crippen LogP contribution in [0, 0.1) is 5.82 Å². The number of amides is 2. The molecule has 2 amide bonds. The fraction of sp³-hybridized carbons (Fsp3) is 0.400. The van der Waals surface area contributed by atoms with Gasteiger partial charge in [0.1, 0.15) is 5.82 Å². The Morgan fingerprint density at radius 3 is 2.69 bits per heavy atom. The number of halogens is 1. The van der Waals surface area contributed by atoms with Gasteiger partial charge in [-0.05, 0) is 74.6 Å². The number of carbonyl (C=O) groups excluding carboxylic acids is 1. The van der Waals surface area contributed by atoms with Gasteiger partial charge in [-0.1, -0.05) is 13.3 Å². The Balaban J connectivity index is 1.66. The Morgan fingerprint density at radius 1 is 1.26 bits per heavy atom. The van der Waals surface area contributed by atoms with Gasteiger partial charge in [0.15, 0.2) is 14.9 Å². The molecule has 10 heteroatoms. The molecule has 2 aromatic heterocycles. The van der Waals surface area contributed by atoms with Crippen LogP contribution in [0.5, 0.6) is 0 Å². The second kappa shape index (κ2) is 10.2. The summed E-state index contributed by atoms with van der Waals surface area (Å²) in [5.74, 6) is -0.321. The maximum atomic E-state index is 13.6. The van der Waals surface area contributed by atoms with Gasteiger partial charge in [0.05, 0.1) is 29.3 Å². The van der Waals surface area contributed by atoms with E-state index in [0.717, 1.165) is 49.0 Å². The van der Waals surface area contributed by atoms with Crippen molar-refractivity contribution >= 4 is 21.6 Å². The monoisotopic (exact) mass is 499 g/mol. The van der Waals surface area contributed by atoms with Gasteiger partial charge >= 0.3 is 6.03 Å². The van der Waals surface area contributed by atoms with E-state index in [2.05, 4.69) is 15.4 Å². The number of carbonyl (C=O) groups is 1. The molecule has 2 atom stereocenters. The van der Waals surface area contributed by atoms with Crippen molar-refractivity contribution in [3.05, 3.63) is 65.9 Å². The number of pyridine rings is 1. The standard InChI is InChI=1S/C25H30FN5O3S/c1-4-6-21(18-13-14-27-24(15-18)35(3,33)34)29-25(32)30-17(2)7-5-8-22-23(30)16-28-31(22)20-11-9-19(26)10-12-20/h9-17,21H,4-8H2,1-3H3,(H,29,32)/t17-,21+/m1/s1. The molecule has 0 radical (unpaired) electrons. The number of nitrogens with one attached hydrogen (secondary N) is 1. The van der Waals surface area contributed by atoms with Crippen molar-refractivity contribution in [2.24, 2.45) is 0 Å². The maximum absolute atomic E-state index is 13.6.